The van der Waals surface area contributed by atoms with E-state index in [2.05, 4.69) is 19.0 Å². The van der Waals surface area contributed by atoms with Crippen LogP contribution < -0.4 is 5.46 Å². The fourth-order valence-electron chi connectivity index (χ4n) is 3.31. The summed E-state index contributed by atoms with van der Waals surface area (Å²) in [6.07, 6.45) is 1.97. The third-order valence-electron chi connectivity index (χ3n) is 5.44. The van der Waals surface area contributed by atoms with Gasteiger partial charge in [-0.1, -0.05) is 6.07 Å². The Morgan fingerprint density at radius 1 is 1.14 bits per heavy atom. The van der Waals surface area contributed by atoms with Gasteiger partial charge in [-0.15, -0.1) is 0 Å². The molecule has 2 aliphatic rings. The summed E-state index contributed by atoms with van der Waals surface area (Å²) >= 11 is 0. The van der Waals surface area contributed by atoms with Gasteiger partial charge >= 0.3 is 7.12 Å². The highest BCUT2D eigenvalue weighted by Gasteiger charge is 2.52. The number of rotatable bonds is 2. The molecule has 0 amide bonds. The van der Waals surface area contributed by atoms with Crippen molar-refractivity contribution in [2.24, 2.45) is 0 Å². The van der Waals surface area contributed by atoms with Gasteiger partial charge < -0.3 is 14.2 Å². The van der Waals surface area contributed by atoms with Crippen molar-refractivity contribution in [2.75, 3.05) is 14.1 Å². The topological polar surface area (TPSA) is 21.7 Å². The first-order valence-electron chi connectivity index (χ1n) is 7.97. The lowest BCUT2D eigenvalue weighted by atomic mass is 9.77. The van der Waals surface area contributed by atoms with Crippen molar-refractivity contribution in [2.45, 2.75) is 57.8 Å². The zero-order chi connectivity index (χ0) is 16.3. The zero-order valence-electron chi connectivity index (χ0n) is 14.4. The number of benzene rings is 1. The van der Waals surface area contributed by atoms with E-state index in [0.717, 1.165) is 18.4 Å². The Kier molecular flexibility index (Phi) is 3.67. The summed E-state index contributed by atoms with van der Waals surface area (Å²) in [5, 5.41) is 0. The van der Waals surface area contributed by atoms with Crippen molar-refractivity contribution in [1.29, 1.82) is 0 Å². The molecule has 1 saturated heterocycles. The van der Waals surface area contributed by atoms with Crippen molar-refractivity contribution in [1.82, 2.24) is 4.90 Å². The van der Waals surface area contributed by atoms with Crippen LogP contribution >= 0.6 is 0 Å². The SMILES string of the molecule is CN(C)C1CCc2cc(F)c(B3OC(C)(C)C(C)(C)O3)cc21. The van der Waals surface area contributed by atoms with Gasteiger partial charge in [-0.25, -0.2) is 4.39 Å². The summed E-state index contributed by atoms with van der Waals surface area (Å²) in [7, 11) is 3.49. The lowest BCUT2D eigenvalue weighted by molar-refractivity contribution is 0.00578. The van der Waals surface area contributed by atoms with Crippen LogP contribution in [0.25, 0.3) is 0 Å². The van der Waals surface area contributed by atoms with E-state index in [0.29, 0.717) is 11.5 Å². The Morgan fingerprint density at radius 2 is 1.73 bits per heavy atom. The number of hydrogen-bond acceptors (Lipinski definition) is 3. The van der Waals surface area contributed by atoms with Crippen molar-refractivity contribution in [3.05, 3.63) is 29.1 Å². The molecule has 1 heterocycles. The lowest BCUT2D eigenvalue weighted by Crippen LogP contribution is -2.41. The predicted octanol–water partition coefficient (Wildman–Crippen LogP) is 2.67. The molecule has 1 aliphatic heterocycles. The van der Waals surface area contributed by atoms with Crippen LogP contribution in [0.4, 0.5) is 4.39 Å². The van der Waals surface area contributed by atoms with Crippen LogP contribution in [0.1, 0.15) is 51.3 Å². The van der Waals surface area contributed by atoms with Crippen molar-refractivity contribution in [3.63, 3.8) is 0 Å². The van der Waals surface area contributed by atoms with E-state index in [1.807, 2.05) is 33.8 Å². The van der Waals surface area contributed by atoms with Gasteiger partial charge in [0.2, 0.25) is 0 Å². The monoisotopic (exact) mass is 305 g/mol. The van der Waals surface area contributed by atoms with E-state index in [4.69, 9.17) is 9.31 Å². The summed E-state index contributed by atoms with van der Waals surface area (Å²) in [6.45, 7) is 7.95. The Bertz CT molecular complexity index is 585. The summed E-state index contributed by atoms with van der Waals surface area (Å²) in [6, 6.07) is 3.96. The molecular weight excluding hydrogens is 280 g/mol. The second-order valence-corrected chi connectivity index (χ2v) is 7.68. The zero-order valence-corrected chi connectivity index (χ0v) is 14.4. The Balaban J connectivity index is 1.98. The average Bonchev–Trinajstić information content (AvgIpc) is 2.87. The van der Waals surface area contributed by atoms with Gasteiger partial charge in [0.25, 0.3) is 0 Å². The minimum absolute atomic E-state index is 0.225. The highest BCUT2D eigenvalue weighted by molar-refractivity contribution is 6.62. The number of fused-ring (bicyclic) bond motifs is 1. The molecular formula is C17H25BFNO2. The molecule has 1 unspecified atom stereocenters. The first kappa shape index (κ1) is 16.0. The number of hydrogen-bond donors (Lipinski definition) is 0. The molecule has 3 nitrogen and oxygen atoms in total. The van der Waals surface area contributed by atoms with Crippen LogP contribution in [0.3, 0.4) is 0 Å². The molecule has 3 rings (SSSR count). The maximum Gasteiger partial charge on any atom is 0.497 e. The van der Waals surface area contributed by atoms with Gasteiger partial charge in [-0.2, -0.15) is 0 Å². The van der Waals surface area contributed by atoms with Crippen LogP contribution in [0.5, 0.6) is 0 Å². The molecule has 0 bridgehead atoms. The Labute approximate surface area is 132 Å². The van der Waals surface area contributed by atoms with Gasteiger partial charge in [0.05, 0.1) is 11.2 Å². The second kappa shape index (κ2) is 5.05. The highest BCUT2D eigenvalue weighted by Crippen LogP contribution is 2.38. The summed E-state index contributed by atoms with van der Waals surface area (Å²) in [5.74, 6) is -0.225. The molecule has 120 valence electrons. The van der Waals surface area contributed by atoms with Crippen LogP contribution in [0, 0.1) is 5.82 Å². The van der Waals surface area contributed by atoms with Gasteiger partial charge in [-0.3, -0.25) is 0 Å². The molecule has 5 heteroatoms. The van der Waals surface area contributed by atoms with Crippen LogP contribution in [0.15, 0.2) is 12.1 Å². The third kappa shape index (κ3) is 2.39. The first-order chi connectivity index (χ1) is 10.1. The van der Waals surface area contributed by atoms with Crippen LogP contribution in [0.2, 0.25) is 0 Å². The minimum Gasteiger partial charge on any atom is -0.399 e. The molecule has 1 aromatic rings. The van der Waals surface area contributed by atoms with Gasteiger partial charge in [0.15, 0.2) is 0 Å². The molecule has 0 radical (unpaired) electrons. The van der Waals surface area contributed by atoms with Gasteiger partial charge in [0.1, 0.15) is 5.82 Å². The Hall–Kier alpha value is -0.905. The van der Waals surface area contributed by atoms with Crippen LogP contribution in [-0.4, -0.2) is 37.3 Å². The fraction of sp³-hybridized carbons (Fsp3) is 0.647. The van der Waals surface area contributed by atoms with Crippen molar-refractivity contribution < 1.29 is 13.7 Å². The largest absolute Gasteiger partial charge is 0.497 e. The van der Waals surface area contributed by atoms with E-state index in [-0.39, 0.29) is 5.82 Å². The van der Waals surface area contributed by atoms with Crippen molar-refractivity contribution in [3.8, 4) is 0 Å². The van der Waals surface area contributed by atoms with Gasteiger partial charge in [-0.05, 0) is 71.8 Å². The molecule has 0 aromatic heterocycles. The maximum absolute atomic E-state index is 14.6. The minimum atomic E-state index is -0.640. The van der Waals surface area contributed by atoms with E-state index in [9.17, 15) is 4.39 Å². The molecule has 0 N–H and O–H groups in total. The quantitative estimate of drug-likeness (QED) is 0.784. The highest BCUT2D eigenvalue weighted by atomic mass is 19.1. The van der Waals surface area contributed by atoms with Crippen LogP contribution in [-0.2, 0) is 15.7 Å². The second-order valence-electron chi connectivity index (χ2n) is 7.68. The van der Waals surface area contributed by atoms with E-state index < -0.39 is 18.3 Å². The van der Waals surface area contributed by atoms with E-state index in [1.54, 1.807) is 6.07 Å². The molecule has 0 saturated carbocycles. The summed E-state index contributed by atoms with van der Waals surface area (Å²) < 4.78 is 26.6. The molecule has 1 aliphatic carbocycles. The predicted molar refractivity (Wildman–Crippen MR) is 86.9 cm³/mol. The molecule has 22 heavy (non-hydrogen) atoms. The number of aryl methyl sites for hydroxylation is 1. The van der Waals surface area contributed by atoms with E-state index >= 15 is 0 Å². The van der Waals surface area contributed by atoms with Crippen molar-refractivity contribution >= 4 is 12.6 Å². The molecule has 0 spiro atoms. The summed E-state index contributed by atoms with van der Waals surface area (Å²) in [5.41, 5.74) is 1.92. The van der Waals surface area contributed by atoms with E-state index in [1.165, 1.54) is 5.56 Å². The standard InChI is InChI=1S/C17H25BFNO2/c1-16(2)17(3,4)22-18(21-16)13-10-12-11(9-14(13)19)7-8-15(12)20(5)6/h9-10,15H,7-8H2,1-6H3. The summed E-state index contributed by atoms with van der Waals surface area (Å²) in [4.78, 5) is 2.19. The normalized spacial score (nSPS) is 25.8. The third-order valence-corrected chi connectivity index (χ3v) is 5.44. The maximum atomic E-state index is 14.6. The number of nitrogens with zero attached hydrogens (tertiary/aromatic N) is 1. The molecule has 1 fully saturated rings. The van der Waals surface area contributed by atoms with Gasteiger partial charge in [0, 0.05) is 11.5 Å². The fourth-order valence-corrected chi connectivity index (χ4v) is 3.31. The average molecular weight is 305 g/mol. The first-order valence-corrected chi connectivity index (χ1v) is 7.97. The number of halogens is 1. The Morgan fingerprint density at radius 3 is 2.27 bits per heavy atom. The lowest BCUT2D eigenvalue weighted by Gasteiger charge is -2.32. The molecule has 1 aromatic carbocycles. The molecule has 1 atom stereocenters. The smallest absolute Gasteiger partial charge is 0.399 e.